The van der Waals surface area contributed by atoms with Crippen molar-refractivity contribution in [2.45, 2.75) is 445 Å². The van der Waals surface area contributed by atoms with E-state index < -0.39 is 97.5 Å². The Morgan fingerprint density at radius 2 is 0.485 bits per heavy atom. The van der Waals surface area contributed by atoms with Gasteiger partial charge in [0, 0.05) is 25.7 Å². The summed E-state index contributed by atoms with van der Waals surface area (Å²) < 4.78 is 68.7. The lowest BCUT2D eigenvalue weighted by Crippen LogP contribution is -2.30. The number of hydrogen-bond donors (Lipinski definition) is 3. The predicted molar refractivity (Wildman–Crippen MR) is 405 cm³/mol. The molecule has 0 aromatic heterocycles. The van der Waals surface area contributed by atoms with Crippen LogP contribution in [0.25, 0.3) is 0 Å². The van der Waals surface area contributed by atoms with E-state index in [1.807, 2.05) is 0 Å². The molecule has 0 rings (SSSR count). The van der Waals surface area contributed by atoms with E-state index in [4.69, 9.17) is 37.0 Å². The summed E-state index contributed by atoms with van der Waals surface area (Å²) in [5.41, 5.74) is 0. The maximum atomic E-state index is 13.1. The second kappa shape index (κ2) is 73.0. The Morgan fingerprint density at radius 3 is 0.717 bits per heavy atom. The molecule has 0 saturated carbocycles. The van der Waals surface area contributed by atoms with E-state index in [0.717, 1.165) is 102 Å². The van der Waals surface area contributed by atoms with Crippen LogP contribution in [0.4, 0.5) is 0 Å². The number of carbonyl (C=O) groups excluding carboxylic acids is 4. The Labute approximate surface area is 607 Å². The minimum absolute atomic E-state index is 0.108. The molecule has 3 N–H and O–H groups in total. The smallest absolute Gasteiger partial charge is 0.462 e. The largest absolute Gasteiger partial charge is 0.472 e. The predicted octanol–water partition coefficient (Wildman–Crippen LogP) is 24.0. The standard InChI is InChI=1S/C80H156O17P2/c1-6-10-13-16-19-22-25-28-31-33-36-38-41-44-47-53-58-63-77(82)90-69-75(96-79(84)65-61-56-49-46-43-40-37-34-32-29-26-23-20-17-14-11-7-2)71-94-98(86,87)92-67-74(81)68-93-99(88,89)95-72-76(70-91-78(83)64-59-54-51-50-52-57-62-73(5)9-4)97-80(85)66-60-55-48-45-42-39-35-30-27-24-21-18-15-12-8-3/h73-76,81H,6-72H2,1-5H3,(H,86,87)(H,88,89)/t73?,74-,75-,76-/m1/s1. The number of aliphatic hydroxyl groups excluding tert-OH is 1. The lowest BCUT2D eigenvalue weighted by atomic mass is 10.00. The van der Waals surface area contributed by atoms with Crippen molar-refractivity contribution in [2.24, 2.45) is 5.92 Å². The molecule has 0 heterocycles. The Hall–Kier alpha value is -1.94. The Kier molecular flexibility index (Phi) is 71.6. The number of rotatable bonds is 80. The third-order valence-electron chi connectivity index (χ3n) is 19.1. The van der Waals surface area contributed by atoms with Crippen LogP contribution in [0.5, 0.6) is 0 Å². The fourth-order valence-electron chi connectivity index (χ4n) is 12.4. The molecule has 17 nitrogen and oxygen atoms in total. The molecule has 0 bridgehead atoms. The average Bonchev–Trinajstić information content (AvgIpc) is 1.05. The van der Waals surface area contributed by atoms with E-state index in [1.165, 1.54) is 244 Å². The van der Waals surface area contributed by atoms with Gasteiger partial charge in [0.25, 0.3) is 0 Å². The first-order valence-corrected chi connectivity index (χ1v) is 44.7. The highest BCUT2D eigenvalue weighted by atomic mass is 31.2. The summed E-state index contributed by atoms with van der Waals surface area (Å²) in [6, 6.07) is 0. The van der Waals surface area contributed by atoms with Crippen LogP contribution < -0.4 is 0 Å². The molecule has 0 aliphatic carbocycles. The van der Waals surface area contributed by atoms with Crippen molar-refractivity contribution < 1.29 is 80.2 Å². The zero-order valence-corrected chi connectivity index (χ0v) is 66.4. The molecule has 0 spiro atoms. The summed E-state index contributed by atoms with van der Waals surface area (Å²) in [6.45, 7) is 7.29. The van der Waals surface area contributed by atoms with Gasteiger partial charge in [-0.3, -0.25) is 37.3 Å². The normalized spacial score (nSPS) is 14.1. The summed E-state index contributed by atoms with van der Waals surface area (Å²) >= 11 is 0. The maximum Gasteiger partial charge on any atom is 0.472 e. The molecule has 0 radical (unpaired) electrons. The summed E-state index contributed by atoms with van der Waals surface area (Å²) in [5, 5.41) is 10.6. The van der Waals surface area contributed by atoms with E-state index >= 15 is 0 Å². The van der Waals surface area contributed by atoms with Gasteiger partial charge in [0.2, 0.25) is 0 Å². The van der Waals surface area contributed by atoms with Crippen LogP contribution in [-0.2, 0) is 65.4 Å². The first kappa shape index (κ1) is 97.1. The molecular weight excluding hydrogens is 1290 g/mol. The van der Waals surface area contributed by atoms with Gasteiger partial charge < -0.3 is 33.8 Å². The minimum Gasteiger partial charge on any atom is -0.462 e. The number of hydrogen-bond acceptors (Lipinski definition) is 15. The van der Waals surface area contributed by atoms with Crippen LogP contribution in [-0.4, -0.2) is 96.7 Å². The number of unbranched alkanes of at least 4 members (excludes halogenated alkanes) is 51. The van der Waals surface area contributed by atoms with Crippen molar-refractivity contribution in [2.75, 3.05) is 39.6 Å². The average molecular weight is 1450 g/mol. The molecule has 0 amide bonds. The molecule has 6 atom stereocenters. The van der Waals surface area contributed by atoms with Crippen molar-refractivity contribution in [3.05, 3.63) is 0 Å². The minimum atomic E-state index is -4.96. The molecule has 0 aromatic rings. The Bertz CT molecular complexity index is 1890. The van der Waals surface area contributed by atoms with E-state index in [9.17, 15) is 43.2 Å². The molecule has 0 aliphatic heterocycles. The number of phosphoric ester groups is 2. The molecule has 0 saturated heterocycles. The number of phosphoric acid groups is 2. The fraction of sp³-hybridized carbons (Fsp3) is 0.950. The molecule has 0 fully saturated rings. The second-order valence-electron chi connectivity index (χ2n) is 29.1. The number of ether oxygens (including phenoxy) is 4. The van der Waals surface area contributed by atoms with Gasteiger partial charge in [-0.05, 0) is 31.6 Å². The van der Waals surface area contributed by atoms with E-state index in [-0.39, 0.29) is 25.7 Å². The van der Waals surface area contributed by atoms with E-state index in [2.05, 4.69) is 34.6 Å². The molecule has 19 heteroatoms. The maximum absolute atomic E-state index is 13.1. The molecule has 0 aliphatic rings. The summed E-state index contributed by atoms with van der Waals surface area (Å²) in [5.74, 6) is -1.38. The fourth-order valence-corrected chi connectivity index (χ4v) is 14.0. The monoisotopic (exact) mass is 1450 g/mol. The van der Waals surface area contributed by atoms with Crippen LogP contribution in [0.3, 0.4) is 0 Å². The van der Waals surface area contributed by atoms with Gasteiger partial charge in [0.1, 0.15) is 19.3 Å². The third-order valence-corrected chi connectivity index (χ3v) is 21.0. The van der Waals surface area contributed by atoms with Gasteiger partial charge in [-0.15, -0.1) is 0 Å². The van der Waals surface area contributed by atoms with Gasteiger partial charge in [-0.25, -0.2) is 9.13 Å². The Balaban J connectivity index is 5.24. The quantitative estimate of drug-likeness (QED) is 0.0222. The topological polar surface area (TPSA) is 237 Å². The van der Waals surface area contributed by atoms with E-state index in [0.29, 0.717) is 25.7 Å². The van der Waals surface area contributed by atoms with Crippen LogP contribution in [0.1, 0.15) is 426 Å². The van der Waals surface area contributed by atoms with Crippen LogP contribution in [0.15, 0.2) is 0 Å². The van der Waals surface area contributed by atoms with Gasteiger partial charge in [0.05, 0.1) is 26.4 Å². The third kappa shape index (κ3) is 72.8. The van der Waals surface area contributed by atoms with Crippen molar-refractivity contribution >= 4 is 39.5 Å². The number of aliphatic hydroxyl groups is 1. The highest BCUT2D eigenvalue weighted by molar-refractivity contribution is 7.47. The molecule has 588 valence electrons. The zero-order valence-electron chi connectivity index (χ0n) is 64.6. The molecule has 0 aromatic carbocycles. The molecule has 3 unspecified atom stereocenters. The summed E-state index contributed by atoms with van der Waals surface area (Å²) in [7, 11) is -9.92. The first-order valence-electron chi connectivity index (χ1n) is 41.7. The molecular formula is C80H156O17P2. The van der Waals surface area contributed by atoms with Crippen molar-refractivity contribution in [3.8, 4) is 0 Å². The van der Waals surface area contributed by atoms with Gasteiger partial charge in [-0.2, -0.15) is 0 Å². The number of esters is 4. The first-order chi connectivity index (χ1) is 48.1. The lowest BCUT2D eigenvalue weighted by molar-refractivity contribution is -0.161. The lowest BCUT2D eigenvalue weighted by Gasteiger charge is -2.21. The summed E-state index contributed by atoms with van der Waals surface area (Å²) in [6.07, 6.45) is 63.8. The van der Waals surface area contributed by atoms with Crippen molar-refractivity contribution in [3.63, 3.8) is 0 Å². The van der Waals surface area contributed by atoms with Gasteiger partial charge >= 0.3 is 39.5 Å². The van der Waals surface area contributed by atoms with Crippen LogP contribution >= 0.6 is 15.6 Å². The van der Waals surface area contributed by atoms with Crippen LogP contribution in [0.2, 0.25) is 0 Å². The van der Waals surface area contributed by atoms with Gasteiger partial charge in [0.15, 0.2) is 12.2 Å². The van der Waals surface area contributed by atoms with Crippen LogP contribution in [0, 0.1) is 5.92 Å². The summed E-state index contributed by atoms with van der Waals surface area (Å²) in [4.78, 5) is 73.0. The van der Waals surface area contributed by atoms with E-state index in [1.54, 1.807) is 0 Å². The van der Waals surface area contributed by atoms with Gasteiger partial charge in [-0.1, -0.05) is 375 Å². The second-order valence-corrected chi connectivity index (χ2v) is 32.0. The van der Waals surface area contributed by atoms with Crippen molar-refractivity contribution in [1.82, 2.24) is 0 Å². The van der Waals surface area contributed by atoms with Crippen molar-refractivity contribution in [1.29, 1.82) is 0 Å². The Morgan fingerprint density at radius 1 is 0.283 bits per heavy atom. The zero-order chi connectivity index (χ0) is 72.7. The highest BCUT2D eigenvalue weighted by Gasteiger charge is 2.30. The highest BCUT2D eigenvalue weighted by Crippen LogP contribution is 2.45. The SMILES string of the molecule is CCCCCCCCCCCCCCCCCCCC(=O)OC[C@H](COP(=O)(O)OC[C@@H](O)COP(=O)(O)OC[C@@H](COC(=O)CCCCCCCCC(C)CC)OC(=O)CCCCCCCCCCCCCCCCC)OC(=O)CCCCCCCCCCCCCCCCCCC. The molecule has 99 heavy (non-hydrogen) atoms. The number of carbonyl (C=O) groups is 4.